The van der Waals surface area contributed by atoms with Gasteiger partial charge in [-0.3, -0.25) is 4.79 Å². The molecule has 0 atom stereocenters. The molecule has 1 aliphatic heterocycles. The fourth-order valence-electron chi connectivity index (χ4n) is 1.82. The summed E-state index contributed by atoms with van der Waals surface area (Å²) in [7, 11) is 0. The summed E-state index contributed by atoms with van der Waals surface area (Å²) in [4.78, 5) is 12.1. The third-order valence-electron chi connectivity index (χ3n) is 2.76. The monoisotopic (exact) mass is 308 g/mol. The fraction of sp³-hybridized carbons (Fsp3) is 0.308. The van der Waals surface area contributed by atoms with Crippen molar-refractivity contribution in [2.75, 3.05) is 19.0 Å². The molecule has 0 spiro atoms. The van der Waals surface area contributed by atoms with Crippen LogP contribution in [-0.4, -0.2) is 34.9 Å². The average Bonchev–Trinajstić information content (AvgIpc) is 3.00. The number of nitrogens with zero attached hydrogens (tertiary/aromatic N) is 2. The first-order valence-corrected chi connectivity index (χ1v) is 8.01. The normalized spacial score (nSPS) is 13.2. The van der Waals surface area contributed by atoms with Gasteiger partial charge in [-0.15, -0.1) is 10.2 Å². The van der Waals surface area contributed by atoms with Crippen LogP contribution in [0.3, 0.4) is 0 Å². The summed E-state index contributed by atoms with van der Waals surface area (Å²) in [6.45, 7) is 1.08. The van der Waals surface area contributed by atoms with Crippen LogP contribution in [0.15, 0.2) is 28.0 Å². The number of benzene rings is 1. The molecule has 2 aromatic rings. The Balaban J connectivity index is 1.59. The summed E-state index contributed by atoms with van der Waals surface area (Å²) >= 11 is 3.03. The van der Waals surface area contributed by atoms with Gasteiger partial charge in [0.25, 0.3) is 0 Å². The van der Waals surface area contributed by atoms with Crippen molar-refractivity contribution in [1.29, 1.82) is 0 Å². The van der Waals surface area contributed by atoms with Crippen LogP contribution in [0.4, 0.5) is 0 Å². The van der Waals surface area contributed by atoms with Crippen LogP contribution < -0.4 is 9.47 Å². The summed E-state index contributed by atoms with van der Waals surface area (Å²) in [6, 6.07) is 5.33. The van der Waals surface area contributed by atoms with Gasteiger partial charge >= 0.3 is 0 Å². The number of aromatic nitrogens is 2. The lowest BCUT2D eigenvalue weighted by Gasteiger charge is -2.18. The number of carbonyl (C=O) groups is 1. The zero-order chi connectivity index (χ0) is 13.8. The average molecular weight is 308 g/mol. The number of carbonyl (C=O) groups excluding carboxylic acids is 1. The van der Waals surface area contributed by atoms with E-state index in [1.807, 2.05) is 0 Å². The topological polar surface area (TPSA) is 61.3 Å². The molecule has 1 aromatic carbocycles. The van der Waals surface area contributed by atoms with Crippen LogP contribution in [0, 0.1) is 0 Å². The van der Waals surface area contributed by atoms with Gasteiger partial charge < -0.3 is 9.47 Å². The molecule has 7 heteroatoms. The van der Waals surface area contributed by atoms with Crippen LogP contribution in [0.5, 0.6) is 11.5 Å². The molecule has 0 bridgehead atoms. The SMILES string of the molecule is O=C(CCSc1nncs1)c1ccc2c(c1)OCCO2. The molecule has 0 amide bonds. The van der Waals surface area contributed by atoms with Crippen molar-refractivity contribution >= 4 is 28.9 Å². The summed E-state index contributed by atoms with van der Waals surface area (Å²) in [6.07, 6.45) is 0.462. The van der Waals surface area contributed by atoms with Gasteiger partial charge in [0.1, 0.15) is 18.7 Å². The Morgan fingerprint density at radius 3 is 2.95 bits per heavy atom. The van der Waals surface area contributed by atoms with E-state index in [-0.39, 0.29) is 5.78 Å². The lowest BCUT2D eigenvalue weighted by Crippen LogP contribution is -2.15. The largest absolute Gasteiger partial charge is 0.486 e. The second-order valence-electron chi connectivity index (χ2n) is 4.08. The molecular weight excluding hydrogens is 296 g/mol. The van der Waals surface area contributed by atoms with Gasteiger partial charge in [0.2, 0.25) is 0 Å². The summed E-state index contributed by atoms with van der Waals surface area (Å²) < 4.78 is 11.8. The molecule has 2 heterocycles. The van der Waals surface area contributed by atoms with Crippen molar-refractivity contribution in [3.05, 3.63) is 29.3 Å². The van der Waals surface area contributed by atoms with Crippen LogP contribution >= 0.6 is 23.1 Å². The van der Waals surface area contributed by atoms with E-state index in [0.29, 0.717) is 42.4 Å². The molecule has 0 saturated carbocycles. The van der Waals surface area contributed by atoms with Crippen LogP contribution in [0.2, 0.25) is 0 Å². The molecular formula is C13H12N2O3S2. The number of fused-ring (bicyclic) bond motifs is 1. The lowest BCUT2D eigenvalue weighted by molar-refractivity contribution is 0.0988. The number of hydrogen-bond donors (Lipinski definition) is 0. The maximum atomic E-state index is 12.1. The quantitative estimate of drug-likeness (QED) is 0.625. The predicted octanol–water partition coefficient (Wildman–Crippen LogP) is 2.67. The zero-order valence-electron chi connectivity index (χ0n) is 10.6. The Bertz CT molecular complexity index is 602. The minimum Gasteiger partial charge on any atom is -0.486 e. The standard InChI is InChI=1S/C13H12N2O3S2/c16-10(3-6-19-13-15-14-8-20-13)9-1-2-11-12(7-9)18-5-4-17-11/h1-2,7-8H,3-6H2. The molecule has 104 valence electrons. The van der Waals surface area contributed by atoms with E-state index < -0.39 is 0 Å². The highest BCUT2D eigenvalue weighted by Crippen LogP contribution is 2.31. The molecule has 0 unspecified atom stereocenters. The minimum atomic E-state index is 0.0963. The van der Waals surface area contributed by atoms with Crippen molar-refractivity contribution in [2.24, 2.45) is 0 Å². The molecule has 0 aliphatic carbocycles. The summed E-state index contributed by atoms with van der Waals surface area (Å²) in [5, 5.41) is 7.69. The highest BCUT2D eigenvalue weighted by atomic mass is 32.2. The maximum absolute atomic E-state index is 12.1. The smallest absolute Gasteiger partial charge is 0.174 e. The van der Waals surface area contributed by atoms with Gasteiger partial charge in [0.15, 0.2) is 21.6 Å². The lowest BCUT2D eigenvalue weighted by atomic mass is 10.1. The van der Waals surface area contributed by atoms with E-state index in [2.05, 4.69) is 10.2 Å². The molecule has 3 rings (SSSR count). The van der Waals surface area contributed by atoms with E-state index in [4.69, 9.17) is 9.47 Å². The van der Waals surface area contributed by atoms with Crippen LogP contribution in [-0.2, 0) is 0 Å². The number of ketones is 1. The first-order chi connectivity index (χ1) is 9.83. The maximum Gasteiger partial charge on any atom is 0.174 e. The highest BCUT2D eigenvalue weighted by molar-refractivity contribution is 8.01. The molecule has 0 radical (unpaired) electrons. The van der Waals surface area contributed by atoms with Crippen molar-refractivity contribution in [3.63, 3.8) is 0 Å². The second-order valence-corrected chi connectivity index (χ2v) is 6.26. The van der Waals surface area contributed by atoms with Gasteiger partial charge in [-0.05, 0) is 18.2 Å². The Morgan fingerprint density at radius 2 is 2.15 bits per heavy atom. The van der Waals surface area contributed by atoms with E-state index in [0.717, 1.165) is 4.34 Å². The molecule has 20 heavy (non-hydrogen) atoms. The molecule has 1 aliphatic rings. The highest BCUT2D eigenvalue weighted by Gasteiger charge is 2.15. The van der Waals surface area contributed by atoms with Crippen molar-refractivity contribution in [3.8, 4) is 11.5 Å². The van der Waals surface area contributed by atoms with Gasteiger partial charge in [0.05, 0.1) is 0 Å². The Morgan fingerprint density at radius 1 is 1.30 bits per heavy atom. The van der Waals surface area contributed by atoms with Gasteiger partial charge in [-0.25, -0.2) is 0 Å². The predicted molar refractivity (Wildman–Crippen MR) is 77.0 cm³/mol. The van der Waals surface area contributed by atoms with Crippen molar-refractivity contribution < 1.29 is 14.3 Å². The minimum absolute atomic E-state index is 0.0963. The first-order valence-electron chi connectivity index (χ1n) is 6.15. The van der Waals surface area contributed by atoms with E-state index >= 15 is 0 Å². The van der Waals surface area contributed by atoms with Crippen LogP contribution in [0.25, 0.3) is 0 Å². The number of Topliss-reactive ketones (excluding diaryl/α,β-unsaturated/α-hetero) is 1. The zero-order valence-corrected chi connectivity index (χ0v) is 12.2. The Labute approximate surface area is 124 Å². The van der Waals surface area contributed by atoms with Gasteiger partial charge in [-0.1, -0.05) is 23.1 Å². The van der Waals surface area contributed by atoms with Crippen molar-refractivity contribution in [1.82, 2.24) is 10.2 Å². The summed E-state index contributed by atoms with van der Waals surface area (Å²) in [5.74, 6) is 2.15. The third-order valence-corrected chi connectivity index (χ3v) is 4.62. The molecule has 0 fully saturated rings. The number of hydrogen-bond acceptors (Lipinski definition) is 7. The van der Waals surface area contributed by atoms with Gasteiger partial charge in [-0.2, -0.15) is 0 Å². The van der Waals surface area contributed by atoms with E-state index in [9.17, 15) is 4.79 Å². The summed E-state index contributed by atoms with van der Waals surface area (Å²) in [5.41, 5.74) is 2.34. The third kappa shape index (κ3) is 3.10. The molecule has 0 N–H and O–H groups in total. The first kappa shape index (κ1) is 13.4. The van der Waals surface area contributed by atoms with Crippen LogP contribution in [0.1, 0.15) is 16.8 Å². The fourth-order valence-corrected chi connectivity index (χ4v) is 3.31. The molecule has 0 saturated heterocycles. The van der Waals surface area contributed by atoms with E-state index in [1.165, 1.54) is 11.3 Å². The molecule has 5 nitrogen and oxygen atoms in total. The van der Waals surface area contributed by atoms with Crippen molar-refractivity contribution in [2.45, 2.75) is 10.8 Å². The number of thioether (sulfide) groups is 1. The van der Waals surface area contributed by atoms with E-state index in [1.54, 1.807) is 35.5 Å². The Kier molecular flexibility index (Phi) is 4.17. The second kappa shape index (κ2) is 6.23. The number of rotatable bonds is 5. The number of ether oxygens (including phenoxy) is 2. The molecule has 1 aromatic heterocycles. The van der Waals surface area contributed by atoms with Gasteiger partial charge in [0, 0.05) is 17.7 Å². The Hall–Kier alpha value is -1.60.